The highest BCUT2D eigenvalue weighted by atomic mass is 32.2. The minimum Gasteiger partial charge on any atom is -0.463 e. The molecule has 0 heterocycles. The lowest BCUT2D eigenvalue weighted by Gasteiger charge is -2.20. The van der Waals surface area contributed by atoms with E-state index in [2.05, 4.69) is 25.3 Å². The molecule has 0 atom stereocenters. The first kappa shape index (κ1) is 21.9. The van der Waals surface area contributed by atoms with Gasteiger partial charge in [0.15, 0.2) is 0 Å². The van der Waals surface area contributed by atoms with Gasteiger partial charge in [-0.05, 0) is 32.4 Å². The fraction of sp³-hybridized carbons (Fsp3) is 0.450. The highest BCUT2D eigenvalue weighted by molar-refractivity contribution is 7.89. The maximum atomic E-state index is 12.9. The number of sulfonamides is 1. The summed E-state index contributed by atoms with van der Waals surface area (Å²) in [5.41, 5.74) is 1.05. The molecule has 0 saturated carbocycles. The average Bonchev–Trinajstić information content (AvgIpc) is 2.60. The summed E-state index contributed by atoms with van der Waals surface area (Å²) in [5, 5.41) is 0. The molecule has 1 rings (SSSR count). The van der Waals surface area contributed by atoms with Gasteiger partial charge < -0.3 is 4.74 Å². The summed E-state index contributed by atoms with van der Waals surface area (Å²) < 4.78 is 32.0. The first-order chi connectivity index (χ1) is 12.3. The van der Waals surface area contributed by atoms with Crippen molar-refractivity contribution in [2.75, 3.05) is 19.7 Å². The smallest absolute Gasteiger partial charge is 0.334 e. The highest BCUT2D eigenvalue weighted by Gasteiger charge is 2.26. The highest BCUT2D eigenvalue weighted by Crippen LogP contribution is 2.17. The van der Waals surface area contributed by atoms with Crippen molar-refractivity contribution in [1.82, 2.24) is 4.31 Å². The molecule has 6 heteroatoms. The van der Waals surface area contributed by atoms with Crippen molar-refractivity contribution in [3.05, 3.63) is 42.0 Å². The maximum Gasteiger partial charge on any atom is 0.334 e. The molecule has 0 spiro atoms. The van der Waals surface area contributed by atoms with Gasteiger partial charge in [-0.25, -0.2) is 13.2 Å². The molecule has 26 heavy (non-hydrogen) atoms. The number of ether oxygens (including phenoxy) is 1. The molecule has 0 saturated heterocycles. The molecule has 0 aliphatic heterocycles. The lowest BCUT2D eigenvalue weighted by molar-refractivity contribution is -0.138. The molecule has 0 radical (unpaired) electrons. The van der Waals surface area contributed by atoms with Crippen LogP contribution < -0.4 is 0 Å². The molecule has 0 aliphatic rings. The van der Waals surface area contributed by atoms with Crippen molar-refractivity contribution in [3.63, 3.8) is 0 Å². The van der Waals surface area contributed by atoms with Crippen molar-refractivity contribution < 1.29 is 17.9 Å². The minimum atomic E-state index is -3.79. The number of nitrogens with zero attached hydrogens (tertiary/aromatic N) is 1. The Morgan fingerprint density at radius 3 is 2.42 bits per heavy atom. The summed E-state index contributed by atoms with van der Waals surface area (Å²) in [6.07, 6.45) is 2.71. The number of unbranched alkanes of at least 4 members (excludes halogenated alkanes) is 2. The summed E-state index contributed by atoms with van der Waals surface area (Å²) >= 11 is 0. The summed E-state index contributed by atoms with van der Waals surface area (Å²) in [7, 11) is -3.79. The Kier molecular flexibility index (Phi) is 9.11. The molecule has 1 aromatic rings. The largest absolute Gasteiger partial charge is 0.463 e. The Morgan fingerprint density at radius 1 is 1.19 bits per heavy atom. The van der Waals surface area contributed by atoms with Crippen LogP contribution in [0.25, 0.3) is 0 Å². The number of carbonyl (C=O) groups is 1. The second-order valence-electron chi connectivity index (χ2n) is 5.87. The number of hydrogen-bond acceptors (Lipinski definition) is 4. The van der Waals surface area contributed by atoms with Gasteiger partial charge in [-0.1, -0.05) is 43.5 Å². The van der Waals surface area contributed by atoms with Crippen LogP contribution in [-0.2, 0) is 19.6 Å². The van der Waals surface area contributed by atoms with Gasteiger partial charge in [0.25, 0.3) is 0 Å². The molecular formula is C20H27NO4S. The molecule has 5 nitrogen and oxygen atoms in total. The van der Waals surface area contributed by atoms with Crippen LogP contribution in [0.4, 0.5) is 0 Å². The van der Waals surface area contributed by atoms with Crippen LogP contribution in [0.5, 0.6) is 0 Å². The topological polar surface area (TPSA) is 63.7 Å². The van der Waals surface area contributed by atoms with E-state index in [1.165, 1.54) is 0 Å². The van der Waals surface area contributed by atoms with Gasteiger partial charge >= 0.3 is 5.97 Å². The van der Waals surface area contributed by atoms with Crippen molar-refractivity contribution in [3.8, 4) is 11.8 Å². The SMILES string of the molecule is C=C(CN(CC#CCCCC)S(=O)(=O)c1ccc(C)cc1)C(=O)OCC. The van der Waals surface area contributed by atoms with Gasteiger partial charge in [0.2, 0.25) is 10.0 Å². The fourth-order valence-corrected chi connectivity index (χ4v) is 3.43. The number of benzene rings is 1. The van der Waals surface area contributed by atoms with Gasteiger partial charge in [0, 0.05) is 18.5 Å². The Hall–Kier alpha value is -2.10. The predicted molar refractivity (Wildman–Crippen MR) is 103 cm³/mol. The van der Waals surface area contributed by atoms with E-state index in [1.54, 1.807) is 31.2 Å². The zero-order valence-electron chi connectivity index (χ0n) is 15.7. The second kappa shape index (κ2) is 10.8. The van der Waals surface area contributed by atoms with Gasteiger partial charge in [-0.15, -0.1) is 5.92 Å². The Morgan fingerprint density at radius 2 is 1.85 bits per heavy atom. The van der Waals surface area contributed by atoms with Crippen LogP contribution >= 0.6 is 0 Å². The van der Waals surface area contributed by atoms with E-state index in [0.29, 0.717) is 6.42 Å². The quantitative estimate of drug-likeness (QED) is 0.287. The van der Waals surface area contributed by atoms with Crippen LogP contribution in [0, 0.1) is 18.8 Å². The minimum absolute atomic E-state index is 0.00164. The maximum absolute atomic E-state index is 12.9. The molecule has 1 aromatic carbocycles. The van der Waals surface area contributed by atoms with Crippen molar-refractivity contribution in [1.29, 1.82) is 0 Å². The van der Waals surface area contributed by atoms with Gasteiger partial charge in [-0.2, -0.15) is 4.31 Å². The zero-order chi connectivity index (χ0) is 19.6. The van der Waals surface area contributed by atoms with Gasteiger partial charge in [0.05, 0.1) is 18.0 Å². The Labute approximate surface area is 157 Å². The summed E-state index contributed by atoms with van der Waals surface area (Å²) in [6, 6.07) is 6.57. The molecule has 0 bridgehead atoms. The third kappa shape index (κ3) is 6.66. The number of aryl methyl sites for hydroxylation is 1. The zero-order valence-corrected chi connectivity index (χ0v) is 16.6. The van der Waals surface area contributed by atoms with E-state index in [4.69, 9.17) is 4.74 Å². The van der Waals surface area contributed by atoms with E-state index >= 15 is 0 Å². The third-order valence-electron chi connectivity index (χ3n) is 3.63. The van der Waals surface area contributed by atoms with E-state index in [9.17, 15) is 13.2 Å². The number of rotatable bonds is 9. The monoisotopic (exact) mass is 377 g/mol. The van der Waals surface area contributed by atoms with Crippen LogP contribution in [0.3, 0.4) is 0 Å². The lowest BCUT2D eigenvalue weighted by Crippen LogP contribution is -2.34. The van der Waals surface area contributed by atoms with Crippen molar-refractivity contribution in [2.24, 2.45) is 0 Å². The summed E-state index contributed by atoms with van der Waals surface area (Å²) in [4.78, 5) is 12.0. The first-order valence-electron chi connectivity index (χ1n) is 8.70. The third-order valence-corrected chi connectivity index (χ3v) is 5.43. The standard InChI is InChI=1S/C20H27NO4S/c1-5-7-8-9-10-15-21(16-18(4)20(22)25-6-2)26(23,24)19-13-11-17(3)12-14-19/h11-14H,4-8,15-16H2,1-3H3. The van der Waals surface area contributed by atoms with Gasteiger partial charge in [0.1, 0.15) is 0 Å². The second-order valence-corrected chi connectivity index (χ2v) is 7.81. The van der Waals surface area contributed by atoms with Crippen LogP contribution in [-0.4, -0.2) is 38.4 Å². The molecule has 0 unspecified atom stereocenters. The first-order valence-corrected chi connectivity index (χ1v) is 10.1. The average molecular weight is 378 g/mol. The molecule has 0 amide bonds. The lowest BCUT2D eigenvalue weighted by atomic mass is 10.2. The molecular weight excluding hydrogens is 350 g/mol. The number of esters is 1. The molecule has 0 aliphatic carbocycles. The molecule has 0 N–H and O–H groups in total. The van der Waals surface area contributed by atoms with Crippen molar-refractivity contribution in [2.45, 2.75) is 44.9 Å². The Balaban J connectivity index is 3.04. The molecule has 0 fully saturated rings. The predicted octanol–water partition coefficient (Wildman–Crippen LogP) is 3.30. The van der Waals surface area contributed by atoms with Crippen molar-refractivity contribution >= 4 is 16.0 Å². The summed E-state index contributed by atoms with van der Waals surface area (Å²) in [5.74, 6) is 5.26. The van der Waals surface area contributed by atoms with Crippen LogP contribution in [0.15, 0.2) is 41.3 Å². The van der Waals surface area contributed by atoms with Crippen LogP contribution in [0.2, 0.25) is 0 Å². The van der Waals surface area contributed by atoms with E-state index in [0.717, 1.165) is 22.7 Å². The Bertz CT molecular complexity index is 770. The van der Waals surface area contributed by atoms with E-state index in [1.807, 2.05) is 6.92 Å². The number of hydrogen-bond donors (Lipinski definition) is 0. The van der Waals surface area contributed by atoms with Crippen LogP contribution in [0.1, 0.15) is 38.7 Å². The molecule has 142 valence electrons. The van der Waals surface area contributed by atoms with Gasteiger partial charge in [-0.3, -0.25) is 0 Å². The normalized spacial score (nSPS) is 10.9. The molecule has 0 aromatic heterocycles. The van der Waals surface area contributed by atoms with E-state index in [-0.39, 0.29) is 30.2 Å². The van der Waals surface area contributed by atoms with E-state index < -0.39 is 16.0 Å². The summed E-state index contributed by atoms with van der Waals surface area (Å²) in [6.45, 7) is 9.35. The number of carbonyl (C=O) groups excluding carboxylic acids is 1. The fourth-order valence-electron chi connectivity index (χ4n) is 2.09.